The fraction of sp³-hybridized carbons (Fsp3) is 0.500. The SMILES string of the molecule is Cc1ccccc1CCC(=O)N1CCC(NC(=O)CC#N)CC1. The highest BCUT2D eigenvalue weighted by Gasteiger charge is 2.23. The Labute approximate surface area is 137 Å². The van der Waals surface area contributed by atoms with E-state index in [1.807, 2.05) is 23.1 Å². The van der Waals surface area contributed by atoms with Gasteiger partial charge in [0.05, 0.1) is 6.07 Å². The minimum atomic E-state index is -0.225. The molecule has 1 aliphatic rings. The van der Waals surface area contributed by atoms with Crippen molar-refractivity contribution in [3.63, 3.8) is 0 Å². The van der Waals surface area contributed by atoms with Gasteiger partial charge in [0, 0.05) is 25.6 Å². The van der Waals surface area contributed by atoms with E-state index in [1.54, 1.807) is 0 Å². The molecule has 122 valence electrons. The lowest BCUT2D eigenvalue weighted by Crippen LogP contribution is -2.46. The van der Waals surface area contributed by atoms with Crippen LogP contribution in [0.1, 0.15) is 36.8 Å². The van der Waals surface area contributed by atoms with Gasteiger partial charge in [-0.3, -0.25) is 9.59 Å². The normalized spacial score (nSPS) is 15.0. The molecule has 1 aliphatic heterocycles. The molecule has 2 amide bonds. The number of carbonyl (C=O) groups is 2. The Hall–Kier alpha value is -2.35. The molecule has 0 spiro atoms. The molecule has 0 unspecified atom stereocenters. The lowest BCUT2D eigenvalue weighted by molar-refractivity contribution is -0.132. The first-order valence-electron chi connectivity index (χ1n) is 8.08. The molecule has 1 N–H and O–H groups in total. The molecule has 0 atom stereocenters. The molecule has 0 aromatic heterocycles. The maximum Gasteiger partial charge on any atom is 0.234 e. The van der Waals surface area contributed by atoms with Gasteiger partial charge in [-0.05, 0) is 37.3 Å². The summed E-state index contributed by atoms with van der Waals surface area (Å²) in [6.45, 7) is 3.41. The van der Waals surface area contributed by atoms with E-state index in [0.717, 1.165) is 19.3 Å². The molecule has 0 saturated carbocycles. The van der Waals surface area contributed by atoms with Crippen LogP contribution in [0.3, 0.4) is 0 Å². The summed E-state index contributed by atoms with van der Waals surface area (Å²) < 4.78 is 0. The number of carbonyl (C=O) groups excluding carboxylic acids is 2. The molecule has 1 heterocycles. The van der Waals surface area contributed by atoms with Gasteiger partial charge in [0.2, 0.25) is 11.8 Å². The number of amides is 2. The van der Waals surface area contributed by atoms with Crippen molar-refractivity contribution in [2.75, 3.05) is 13.1 Å². The van der Waals surface area contributed by atoms with E-state index in [2.05, 4.69) is 24.4 Å². The summed E-state index contributed by atoms with van der Waals surface area (Å²) >= 11 is 0. The monoisotopic (exact) mass is 313 g/mol. The van der Waals surface area contributed by atoms with Crippen LogP contribution in [0.2, 0.25) is 0 Å². The Morgan fingerprint density at radius 2 is 2.00 bits per heavy atom. The van der Waals surface area contributed by atoms with Gasteiger partial charge >= 0.3 is 0 Å². The predicted octanol–water partition coefficient (Wildman–Crippen LogP) is 1.95. The molecular weight excluding hydrogens is 290 g/mol. The summed E-state index contributed by atoms with van der Waals surface area (Å²) in [5, 5.41) is 11.3. The van der Waals surface area contributed by atoms with Crippen molar-refractivity contribution < 1.29 is 9.59 Å². The number of hydrogen-bond donors (Lipinski definition) is 1. The number of nitrogens with zero attached hydrogens (tertiary/aromatic N) is 2. The molecule has 0 radical (unpaired) electrons. The Balaban J connectivity index is 1.74. The number of aryl methyl sites for hydroxylation is 2. The first-order valence-corrected chi connectivity index (χ1v) is 8.08. The maximum atomic E-state index is 12.3. The van der Waals surface area contributed by atoms with Crippen molar-refractivity contribution in [1.82, 2.24) is 10.2 Å². The van der Waals surface area contributed by atoms with Crippen LogP contribution in [0.5, 0.6) is 0 Å². The Morgan fingerprint density at radius 1 is 1.30 bits per heavy atom. The molecule has 1 aromatic carbocycles. The van der Waals surface area contributed by atoms with E-state index >= 15 is 0 Å². The van der Waals surface area contributed by atoms with Gasteiger partial charge in [0.1, 0.15) is 6.42 Å². The summed E-state index contributed by atoms with van der Waals surface area (Å²) in [4.78, 5) is 25.6. The fourth-order valence-electron chi connectivity index (χ4n) is 2.91. The van der Waals surface area contributed by atoms with Crippen molar-refractivity contribution in [2.24, 2.45) is 0 Å². The number of likely N-dealkylation sites (tertiary alicyclic amines) is 1. The van der Waals surface area contributed by atoms with E-state index in [4.69, 9.17) is 5.26 Å². The Bertz CT molecular complexity index is 599. The lowest BCUT2D eigenvalue weighted by Gasteiger charge is -2.32. The Kier molecular flexibility index (Phi) is 6.16. The minimum Gasteiger partial charge on any atom is -0.352 e. The van der Waals surface area contributed by atoms with E-state index in [9.17, 15) is 9.59 Å². The van der Waals surface area contributed by atoms with E-state index in [-0.39, 0.29) is 24.3 Å². The lowest BCUT2D eigenvalue weighted by atomic mass is 10.0. The van der Waals surface area contributed by atoms with Gasteiger partial charge in [0.15, 0.2) is 0 Å². The molecule has 5 nitrogen and oxygen atoms in total. The molecule has 0 aliphatic carbocycles. The van der Waals surface area contributed by atoms with E-state index in [1.165, 1.54) is 11.1 Å². The fourth-order valence-corrected chi connectivity index (χ4v) is 2.91. The van der Waals surface area contributed by atoms with Crippen molar-refractivity contribution >= 4 is 11.8 Å². The van der Waals surface area contributed by atoms with E-state index < -0.39 is 0 Å². The van der Waals surface area contributed by atoms with Gasteiger partial charge in [-0.15, -0.1) is 0 Å². The molecule has 1 fully saturated rings. The first-order chi connectivity index (χ1) is 11.1. The van der Waals surface area contributed by atoms with Crippen molar-refractivity contribution in [2.45, 2.75) is 45.1 Å². The van der Waals surface area contributed by atoms with Gasteiger partial charge in [0.25, 0.3) is 0 Å². The van der Waals surface area contributed by atoms with Crippen LogP contribution in [0.25, 0.3) is 0 Å². The highest BCUT2D eigenvalue weighted by Crippen LogP contribution is 2.14. The summed E-state index contributed by atoms with van der Waals surface area (Å²) in [7, 11) is 0. The predicted molar refractivity (Wildman–Crippen MR) is 87.5 cm³/mol. The molecule has 1 saturated heterocycles. The van der Waals surface area contributed by atoms with Crippen LogP contribution in [0.15, 0.2) is 24.3 Å². The van der Waals surface area contributed by atoms with Crippen molar-refractivity contribution in [1.29, 1.82) is 5.26 Å². The molecule has 2 rings (SSSR count). The first kappa shape index (κ1) is 17.0. The second-order valence-electron chi connectivity index (χ2n) is 5.98. The molecule has 0 bridgehead atoms. The highest BCUT2D eigenvalue weighted by molar-refractivity contribution is 5.78. The number of nitrogens with one attached hydrogen (secondary N) is 1. The number of hydrogen-bond acceptors (Lipinski definition) is 3. The summed E-state index contributed by atoms with van der Waals surface area (Å²) in [5.74, 6) is -0.0492. The zero-order valence-corrected chi connectivity index (χ0v) is 13.5. The second kappa shape index (κ2) is 8.33. The van der Waals surface area contributed by atoms with E-state index in [0.29, 0.717) is 19.5 Å². The zero-order valence-electron chi connectivity index (χ0n) is 13.5. The average molecular weight is 313 g/mol. The molecular formula is C18H23N3O2. The van der Waals surface area contributed by atoms with Gasteiger partial charge in [-0.1, -0.05) is 24.3 Å². The molecule has 1 aromatic rings. The third-order valence-corrected chi connectivity index (χ3v) is 4.32. The minimum absolute atomic E-state index is 0.0799. The summed E-state index contributed by atoms with van der Waals surface area (Å²) in [6.07, 6.45) is 2.71. The van der Waals surface area contributed by atoms with Gasteiger partial charge in [-0.2, -0.15) is 5.26 Å². The van der Waals surface area contributed by atoms with Crippen LogP contribution in [0.4, 0.5) is 0 Å². The summed E-state index contributed by atoms with van der Waals surface area (Å²) in [6, 6.07) is 10.1. The highest BCUT2D eigenvalue weighted by atomic mass is 16.2. The Morgan fingerprint density at radius 3 is 2.65 bits per heavy atom. The third-order valence-electron chi connectivity index (χ3n) is 4.32. The van der Waals surface area contributed by atoms with Crippen molar-refractivity contribution in [3.8, 4) is 6.07 Å². The summed E-state index contributed by atoms with van der Waals surface area (Å²) in [5.41, 5.74) is 2.44. The number of benzene rings is 1. The van der Waals surface area contributed by atoms with Crippen LogP contribution >= 0.6 is 0 Å². The second-order valence-corrected chi connectivity index (χ2v) is 5.98. The van der Waals surface area contributed by atoms with Crippen molar-refractivity contribution in [3.05, 3.63) is 35.4 Å². The third kappa shape index (κ3) is 5.10. The van der Waals surface area contributed by atoms with Crippen LogP contribution in [0, 0.1) is 18.3 Å². The zero-order chi connectivity index (χ0) is 16.7. The molecule has 5 heteroatoms. The van der Waals surface area contributed by atoms with Crippen LogP contribution in [-0.2, 0) is 16.0 Å². The topological polar surface area (TPSA) is 73.2 Å². The smallest absolute Gasteiger partial charge is 0.234 e. The quantitative estimate of drug-likeness (QED) is 0.903. The van der Waals surface area contributed by atoms with Gasteiger partial charge < -0.3 is 10.2 Å². The molecule has 23 heavy (non-hydrogen) atoms. The largest absolute Gasteiger partial charge is 0.352 e. The van der Waals surface area contributed by atoms with Crippen LogP contribution < -0.4 is 5.32 Å². The van der Waals surface area contributed by atoms with Crippen LogP contribution in [-0.4, -0.2) is 35.8 Å². The standard InChI is InChI=1S/C18H23N3O2/c1-14-4-2-3-5-15(14)6-7-18(23)21-12-9-16(10-13-21)20-17(22)8-11-19/h2-5,16H,6-10,12-13H2,1H3,(H,20,22). The number of nitriles is 1. The maximum absolute atomic E-state index is 12.3. The number of rotatable bonds is 5. The van der Waals surface area contributed by atoms with Gasteiger partial charge in [-0.25, -0.2) is 0 Å². The number of piperidine rings is 1. The average Bonchev–Trinajstić information content (AvgIpc) is 2.55.